The van der Waals surface area contributed by atoms with Gasteiger partial charge in [-0.2, -0.15) is 0 Å². The van der Waals surface area contributed by atoms with Crippen molar-refractivity contribution in [3.8, 4) is 5.75 Å². The number of nitrogens with zero attached hydrogens (tertiary/aromatic N) is 3. The van der Waals surface area contributed by atoms with Gasteiger partial charge in [0.25, 0.3) is 0 Å². The van der Waals surface area contributed by atoms with Gasteiger partial charge in [-0.15, -0.1) is 10.2 Å². The van der Waals surface area contributed by atoms with Crippen LogP contribution in [0, 0.1) is 13.8 Å². The Balaban J connectivity index is 2.01. The molecule has 124 valence electrons. The zero-order valence-corrected chi connectivity index (χ0v) is 15.0. The fourth-order valence-electron chi connectivity index (χ4n) is 1.92. The number of esters is 1. The molecule has 0 spiro atoms. The summed E-state index contributed by atoms with van der Waals surface area (Å²) in [6.07, 6.45) is 0. The van der Waals surface area contributed by atoms with Crippen molar-refractivity contribution in [3.05, 3.63) is 34.1 Å². The Labute approximate surface area is 144 Å². The van der Waals surface area contributed by atoms with Gasteiger partial charge in [-0.3, -0.25) is 4.79 Å². The molecule has 0 radical (unpaired) electrons. The number of carbonyl (C=O) groups is 1. The number of halogens is 1. The number of ether oxygens (including phenoxy) is 2. The van der Waals surface area contributed by atoms with Crippen LogP contribution in [-0.2, 0) is 23.2 Å². The molecule has 0 aliphatic carbocycles. The lowest BCUT2D eigenvalue weighted by Gasteiger charge is -2.10. The first-order chi connectivity index (χ1) is 10.9. The van der Waals surface area contributed by atoms with Crippen LogP contribution in [0.2, 0.25) is 5.02 Å². The summed E-state index contributed by atoms with van der Waals surface area (Å²) >= 11 is 7.42. The molecule has 0 saturated carbocycles. The molecular weight excluding hydrogens is 338 g/mol. The predicted octanol–water partition coefficient (Wildman–Crippen LogP) is 2.93. The predicted molar refractivity (Wildman–Crippen MR) is 89.0 cm³/mol. The third kappa shape index (κ3) is 4.39. The number of benzene rings is 1. The van der Waals surface area contributed by atoms with Crippen LogP contribution in [0.4, 0.5) is 0 Å². The van der Waals surface area contributed by atoms with E-state index in [-0.39, 0.29) is 18.3 Å². The van der Waals surface area contributed by atoms with Crippen LogP contribution >= 0.6 is 23.4 Å². The Morgan fingerprint density at radius 2 is 1.96 bits per heavy atom. The first kappa shape index (κ1) is 17.6. The van der Waals surface area contributed by atoms with Crippen molar-refractivity contribution in [1.29, 1.82) is 0 Å². The SMILES string of the molecule is COC(=O)CSc1nnc(COc2cc(C)c(Cl)c(C)c2)n1C. The summed E-state index contributed by atoms with van der Waals surface area (Å²) in [5.74, 6) is 1.29. The molecule has 0 bridgehead atoms. The molecule has 0 aliphatic rings. The molecule has 0 unspecified atom stereocenters. The van der Waals surface area contributed by atoms with Gasteiger partial charge in [-0.05, 0) is 37.1 Å². The van der Waals surface area contributed by atoms with Gasteiger partial charge in [-0.25, -0.2) is 0 Å². The maximum atomic E-state index is 11.2. The molecule has 0 N–H and O–H groups in total. The Bertz CT molecular complexity index is 695. The summed E-state index contributed by atoms with van der Waals surface area (Å²) in [7, 11) is 3.19. The van der Waals surface area contributed by atoms with Crippen LogP contribution in [-0.4, -0.2) is 33.6 Å². The molecule has 0 amide bonds. The monoisotopic (exact) mass is 355 g/mol. The molecule has 2 rings (SSSR count). The van der Waals surface area contributed by atoms with E-state index in [4.69, 9.17) is 16.3 Å². The first-order valence-corrected chi connectivity index (χ1v) is 8.26. The largest absolute Gasteiger partial charge is 0.486 e. The van der Waals surface area contributed by atoms with Gasteiger partial charge in [0.2, 0.25) is 0 Å². The Morgan fingerprint density at radius 3 is 2.57 bits per heavy atom. The summed E-state index contributed by atoms with van der Waals surface area (Å²) < 4.78 is 12.2. The van der Waals surface area contributed by atoms with E-state index in [1.165, 1.54) is 18.9 Å². The van der Waals surface area contributed by atoms with Crippen molar-refractivity contribution in [2.75, 3.05) is 12.9 Å². The molecule has 1 aromatic carbocycles. The lowest BCUT2D eigenvalue weighted by molar-refractivity contribution is -0.137. The van der Waals surface area contributed by atoms with Crippen LogP contribution in [0.1, 0.15) is 17.0 Å². The van der Waals surface area contributed by atoms with Crippen molar-refractivity contribution in [2.24, 2.45) is 7.05 Å². The highest BCUT2D eigenvalue weighted by atomic mass is 35.5. The number of aryl methyl sites for hydroxylation is 2. The van der Waals surface area contributed by atoms with E-state index in [0.29, 0.717) is 11.0 Å². The van der Waals surface area contributed by atoms with Gasteiger partial charge < -0.3 is 14.0 Å². The standard InChI is InChI=1S/C15H18ClN3O3S/c1-9-5-11(6-10(2)14(9)16)22-7-12-17-18-15(19(12)3)23-8-13(20)21-4/h5-6H,7-8H2,1-4H3. The maximum absolute atomic E-state index is 11.2. The van der Waals surface area contributed by atoms with Gasteiger partial charge in [0.15, 0.2) is 11.0 Å². The summed E-state index contributed by atoms with van der Waals surface area (Å²) in [4.78, 5) is 11.2. The van der Waals surface area contributed by atoms with Crippen LogP contribution in [0.3, 0.4) is 0 Å². The zero-order chi connectivity index (χ0) is 17.0. The van der Waals surface area contributed by atoms with Crippen molar-refractivity contribution in [3.63, 3.8) is 0 Å². The van der Waals surface area contributed by atoms with Crippen molar-refractivity contribution in [1.82, 2.24) is 14.8 Å². The van der Waals surface area contributed by atoms with Crippen LogP contribution in [0.5, 0.6) is 5.75 Å². The molecule has 0 aliphatic heterocycles. The van der Waals surface area contributed by atoms with Gasteiger partial charge in [0.1, 0.15) is 12.4 Å². The quantitative estimate of drug-likeness (QED) is 0.586. The van der Waals surface area contributed by atoms with Gasteiger partial charge in [-0.1, -0.05) is 23.4 Å². The fraction of sp³-hybridized carbons (Fsp3) is 0.400. The Hall–Kier alpha value is -1.73. The van der Waals surface area contributed by atoms with Crippen LogP contribution < -0.4 is 4.74 Å². The first-order valence-electron chi connectivity index (χ1n) is 6.89. The lowest BCUT2D eigenvalue weighted by atomic mass is 10.1. The van der Waals surface area contributed by atoms with E-state index < -0.39 is 0 Å². The number of hydrogen-bond acceptors (Lipinski definition) is 6. The summed E-state index contributed by atoms with van der Waals surface area (Å²) in [5.41, 5.74) is 1.93. The van der Waals surface area contributed by atoms with E-state index in [1.807, 2.05) is 33.0 Å². The van der Waals surface area contributed by atoms with Gasteiger partial charge in [0, 0.05) is 12.1 Å². The molecule has 0 atom stereocenters. The van der Waals surface area contributed by atoms with E-state index in [0.717, 1.165) is 21.9 Å². The van der Waals surface area contributed by atoms with E-state index in [9.17, 15) is 4.79 Å². The minimum atomic E-state index is -0.303. The lowest BCUT2D eigenvalue weighted by Crippen LogP contribution is -2.06. The molecule has 1 heterocycles. The Morgan fingerprint density at radius 1 is 1.30 bits per heavy atom. The highest BCUT2D eigenvalue weighted by Crippen LogP contribution is 2.26. The minimum absolute atomic E-state index is 0.193. The second-order valence-electron chi connectivity index (χ2n) is 4.98. The smallest absolute Gasteiger partial charge is 0.316 e. The minimum Gasteiger partial charge on any atom is -0.486 e. The fourth-order valence-corrected chi connectivity index (χ4v) is 2.79. The normalized spacial score (nSPS) is 10.7. The highest BCUT2D eigenvalue weighted by Gasteiger charge is 2.12. The number of hydrogen-bond donors (Lipinski definition) is 0. The number of aromatic nitrogens is 3. The summed E-state index contributed by atoms with van der Waals surface area (Å²) in [6.45, 7) is 4.15. The zero-order valence-electron chi connectivity index (χ0n) is 13.4. The van der Waals surface area contributed by atoms with Crippen molar-refractivity contribution in [2.45, 2.75) is 25.6 Å². The summed E-state index contributed by atoms with van der Waals surface area (Å²) in [6, 6.07) is 3.78. The molecule has 6 nitrogen and oxygen atoms in total. The van der Waals surface area contributed by atoms with Crippen LogP contribution in [0.25, 0.3) is 0 Å². The number of thioether (sulfide) groups is 1. The molecular formula is C15H18ClN3O3S. The third-order valence-corrected chi connectivity index (χ3v) is 4.84. The molecule has 0 saturated heterocycles. The average molecular weight is 356 g/mol. The Kier molecular flexibility index (Phi) is 5.90. The molecule has 0 fully saturated rings. The van der Waals surface area contributed by atoms with E-state index >= 15 is 0 Å². The molecule has 8 heteroatoms. The number of carbonyl (C=O) groups excluding carboxylic acids is 1. The molecule has 1 aromatic heterocycles. The van der Waals surface area contributed by atoms with Crippen LogP contribution in [0.15, 0.2) is 17.3 Å². The topological polar surface area (TPSA) is 66.2 Å². The van der Waals surface area contributed by atoms with E-state index in [2.05, 4.69) is 14.9 Å². The van der Waals surface area contributed by atoms with Crippen molar-refractivity contribution < 1.29 is 14.3 Å². The highest BCUT2D eigenvalue weighted by molar-refractivity contribution is 7.99. The van der Waals surface area contributed by atoms with Crippen molar-refractivity contribution >= 4 is 29.3 Å². The van der Waals surface area contributed by atoms with Gasteiger partial charge in [0.05, 0.1) is 12.9 Å². The number of rotatable bonds is 6. The second-order valence-corrected chi connectivity index (χ2v) is 6.30. The molecule has 23 heavy (non-hydrogen) atoms. The second kappa shape index (κ2) is 7.70. The maximum Gasteiger partial charge on any atom is 0.316 e. The summed E-state index contributed by atoms with van der Waals surface area (Å²) in [5, 5.41) is 9.52. The number of methoxy groups -OCH3 is 1. The average Bonchev–Trinajstić information content (AvgIpc) is 2.88. The molecule has 2 aromatic rings. The van der Waals surface area contributed by atoms with E-state index in [1.54, 1.807) is 4.57 Å². The van der Waals surface area contributed by atoms with Gasteiger partial charge >= 0.3 is 5.97 Å². The third-order valence-electron chi connectivity index (χ3n) is 3.25.